The van der Waals surface area contributed by atoms with E-state index < -0.39 is 84.7 Å². The van der Waals surface area contributed by atoms with E-state index in [0.29, 0.717) is 11.1 Å². The standard InChI is InChI=1S/C36H42F3N5O6/c1-21(2)30(44-33(48)26-16-14-25(15-17-26)24-12-8-5-9-13-24)35(50)43-28(20-23-10-6-4-7-11-23)34(49)41-22(3)32(47)42-27(18-19-29(40)45)31(46)36(37,38)39/h4-17,21-22,27-28,30-31,46H,18-20H2,1-3H3,(H2,40,45)(H,41,49)(H,42,47)(H,43,50)(H,44,48)/t22-,27?,28-,30-,31?/m0/s1. The molecule has 0 heterocycles. The van der Waals surface area contributed by atoms with Crippen molar-refractivity contribution in [2.24, 2.45) is 11.7 Å². The van der Waals surface area contributed by atoms with E-state index >= 15 is 0 Å². The highest BCUT2D eigenvalue weighted by atomic mass is 19.4. The van der Waals surface area contributed by atoms with Gasteiger partial charge in [0.1, 0.15) is 18.1 Å². The van der Waals surface area contributed by atoms with Gasteiger partial charge >= 0.3 is 6.18 Å². The summed E-state index contributed by atoms with van der Waals surface area (Å²) < 4.78 is 39.7. The van der Waals surface area contributed by atoms with Crippen LogP contribution < -0.4 is 27.0 Å². The molecule has 2 unspecified atom stereocenters. The van der Waals surface area contributed by atoms with Crippen LogP contribution in [0.2, 0.25) is 0 Å². The van der Waals surface area contributed by atoms with Gasteiger partial charge in [-0.05, 0) is 48.1 Å². The minimum absolute atomic E-state index is 0.0273. The third-order valence-electron chi connectivity index (χ3n) is 7.90. The Balaban J connectivity index is 1.74. The number of nitrogens with one attached hydrogen (secondary N) is 4. The van der Waals surface area contributed by atoms with Crippen LogP contribution in [0.15, 0.2) is 84.9 Å². The number of rotatable bonds is 16. The number of aliphatic hydroxyl groups excluding tert-OH is 1. The Kier molecular flexibility index (Phi) is 14.1. The minimum Gasteiger partial charge on any atom is -0.382 e. The number of primary amides is 1. The smallest absolute Gasteiger partial charge is 0.382 e. The van der Waals surface area contributed by atoms with Gasteiger partial charge in [0, 0.05) is 18.4 Å². The number of nitrogens with two attached hydrogens (primary N) is 1. The van der Waals surface area contributed by atoms with Gasteiger partial charge in [-0.25, -0.2) is 0 Å². The van der Waals surface area contributed by atoms with E-state index in [1.807, 2.05) is 35.6 Å². The molecule has 0 aromatic heterocycles. The fourth-order valence-corrected chi connectivity index (χ4v) is 5.05. The van der Waals surface area contributed by atoms with Crippen LogP contribution >= 0.6 is 0 Å². The van der Waals surface area contributed by atoms with Gasteiger partial charge in [-0.3, -0.25) is 24.0 Å². The summed E-state index contributed by atoms with van der Waals surface area (Å²) in [6.45, 7) is 4.64. The molecule has 0 bridgehead atoms. The molecule has 3 aromatic carbocycles. The maximum Gasteiger partial charge on any atom is 0.416 e. The number of hydrogen-bond donors (Lipinski definition) is 6. The molecule has 50 heavy (non-hydrogen) atoms. The molecule has 0 radical (unpaired) electrons. The Morgan fingerprint density at radius 2 is 1.28 bits per heavy atom. The van der Waals surface area contributed by atoms with E-state index in [1.165, 1.54) is 6.92 Å². The summed E-state index contributed by atoms with van der Waals surface area (Å²) in [6.07, 6.45) is -9.28. The second-order valence-corrected chi connectivity index (χ2v) is 12.2. The number of hydrogen-bond acceptors (Lipinski definition) is 6. The lowest BCUT2D eigenvalue weighted by molar-refractivity contribution is -0.212. The maximum atomic E-state index is 13.6. The fraction of sp³-hybridized carbons (Fsp3) is 0.361. The lowest BCUT2D eigenvalue weighted by Gasteiger charge is -2.28. The van der Waals surface area contributed by atoms with Crippen molar-refractivity contribution in [2.75, 3.05) is 0 Å². The quantitative estimate of drug-likeness (QED) is 0.134. The van der Waals surface area contributed by atoms with E-state index in [4.69, 9.17) is 5.73 Å². The first-order chi connectivity index (χ1) is 23.6. The third-order valence-corrected chi connectivity index (χ3v) is 7.90. The normalized spacial score (nSPS) is 14.4. The molecule has 11 nitrogen and oxygen atoms in total. The molecular formula is C36H42F3N5O6. The van der Waals surface area contributed by atoms with Crippen LogP contribution in [0.25, 0.3) is 11.1 Å². The van der Waals surface area contributed by atoms with Crippen molar-refractivity contribution in [1.29, 1.82) is 0 Å². The Morgan fingerprint density at radius 1 is 0.720 bits per heavy atom. The summed E-state index contributed by atoms with van der Waals surface area (Å²) in [6, 6.07) is 19.4. The van der Waals surface area contributed by atoms with E-state index in [9.17, 15) is 42.3 Å². The Morgan fingerprint density at radius 3 is 1.82 bits per heavy atom. The van der Waals surface area contributed by atoms with Crippen LogP contribution in [0.1, 0.15) is 49.5 Å². The van der Waals surface area contributed by atoms with Crippen LogP contribution in [0, 0.1) is 5.92 Å². The molecule has 14 heteroatoms. The Bertz CT molecular complexity index is 1600. The number of aliphatic hydroxyl groups is 1. The zero-order valence-corrected chi connectivity index (χ0v) is 27.9. The van der Waals surface area contributed by atoms with Crippen molar-refractivity contribution < 1.29 is 42.3 Å². The first-order valence-corrected chi connectivity index (χ1v) is 16.0. The van der Waals surface area contributed by atoms with Crippen molar-refractivity contribution >= 4 is 29.5 Å². The molecule has 7 N–H and O–H groups in total. The van der Waals surface area contributed by atoms with Gasteiger partial charge in [0.05, 0.1) is 6.04 Å². The Hall–Kier alpha value is -5.24. The zero-order chi connectivity index (χ0) is 37.0. The number of carbonyl (C=O) groups excluding carboxylic acids is 5. The number of amides is 5. The fourth-order valence-electron chi connectivity index (χ4n) is 5.05. The van der Waals surface area contributed by atoms with Gasteiger partial charge in [-0.15, -0.1) is 0 Å². The van der Waals surface area contributed by atoms with Crippen LogP contribution in [0.3, 0.4) is 0 Å². The van der Waals surface area contributed by atoms with Gasteiger partial charge in [-0.2, -0.15) is 13.2 Å². The lowest BCUT2D eigenvalue weighted by atomic mass is 9.99. The molecule has 5 amide bonds. The van der Waals surface area contributed by atoms with E-state index in [1.54, 1.807) is 68.4 Å². The number of benzene rings is 3. The number of carbonyl (C=O) groups is 5. The summed E-state index contributed by atoms with van der Waals surface area (Å²) in [4.78, 5) is 64.3. The molecule has 0 saturated heterocycles. The summed E-state index contributed by atoms with van der Waals surface area (Å²) in [7, 11) is 0. The summed E-state index contributed by atoms with van der Waals surface area (Å²) in [5.41, 5.74) is 7.86. The SMILES string of the molecule is CC(C)[C@H](NC(=O)c1ccc(-c2ccccc2)cc1)C(=O)N[C@@H](Cc1ccccc1)C(=O)N[C@@H](C)C(=O)NC(CCC(N)=O)C(O)C(F)(F)F. The highest BCUT2D eigenvalue weighted by Crippen LogP contribution is 2.24. The highest BCUT2D eigenvalue weighted by Gasteiger charge is 2.44. The summed E-state index contributed by atoms with van der Waals surface area (Å²) in [5.74, 6) is -4.45. The second-order valence-electron chi connectivity index (χ2n) is 12.2. The van der Waals surface area contributed by atoms with E-state index in [0.717, 1.165) is 11.1 Å². The lowest BCUT2D eigenvalue weighted by Crippen LogP contribution is -2.59. The average Bonchev–Trinajstić information content (AvgIpc) is 3.08. The van der Waals surface area contributed by atoms with Crippen molar-refractivity contribution in [3.8, 4) is 11.1 Å². The van der Waals surface area contributed by atoms with Gasteiger partial charge < -0.3 is 32.1 Å². The van der Waals surface area contributed by atoms with E-state index in [2.05, 4.69) is 16.0 Å². The minimum atomic E-state index is -5.11. The molecule has 0 aliphatic carbocycles. The zero-order valence-electron chi connectivity index (χ0n) is 27.9. The molecule has 5 atom stereocenters. The molecule has 0 saturated carbocycles. The molecule has 0 spiro atoms. The molecular weight excluding hydrogens is 655 g/mol. The third kappa shape index (κ3) is 11.7. The molecule has 3 rings (SSSR count). The monoisotopic (exact) mass is 697 g/mol. The van der Waals surface area contributed by atoms with Crippen molar-refractivity contribution in [3.05, 3.63) is 96.1 Å². The molecule has 0 aliphatic rings. The summed E-state index contributed by atoms with van der Waals surface area (Å²) >= 11 is 0. The maximum absolute atomic E-state index is 13.6. The summed E-state index contributed by atoms with van der Waals surface area (Å²) in [5, 5.41) is 19.6. The Labute approximate surface area is 288 Å². The molecule has 268 valence electrons. The second kappa shape index (κ2) is 18.0. The highest BCUT2D eigenvalue weighted by molar-refractivity contribution is 5.99. The van der Waals surface area contributed by atoms with Crippen molar-refractivity contribution in [2.45, 2.75) is 76.5 Å². The van der Waals surface area contributed by atoms with Crippen LogP contribution in [-0.2, 0) is 25.6 Å². The predicted octanol–water partition coefficient (Wildman–Crippen LogP) is 3.01. The first kappa shape index (κ1) is 39.2. The predicted molar refractivity (Wildman–Crippen MR) is 180 cm³/mol. The molecule has 3 aromatic rings. The first-order valence-electron chi connectivity index (χ1n) is 16.0. The van der Waals surface area contributed by atoms with Crippen LogP contribution in [0.5, 0.6) is 0 Å². The van der Waals surface area contributed by atoms with Crippen LogP contribution in [-0.4, -0.2) is 71.1 Å². The van der Waals surface area contributed by atoms with Gasteiger partial charge in [0.2, 0.25) is 23.6 Å². The van der Waals surface area contributed by atoms with Gasteiger partial charge in [0.25, 0.3) is 5.91 Å². The molecule has 0 aliphatic heterocycles. The average molecular weight is 698 g/mol. The van der Waals surface area contributed by atoms with Gasteiger partial charge in [0.15, 0.2) is 6.10 Å². The van der Waals surface area contributed by atoms with E-state index in [-0.39, 0.29) is 6.42 Å². The molecule has 0 fully saturated rings. The largest absolute Gasteiger partial charge is 0.416 e. The van der Waals surface area contributed by atoms with Crippen LogP contribution in [0.4, 0.5) is 13.2 Å². The van der Waals surface area contributed by atoms with Crippen molar-refractivity contribution in [3.63, 3.8) is 0 Å². The topological polar surface area (TPSA) is 180 Å². The number of alkyl halides is 3. The van der Waals surface area contributed by atoms with Gasteiger partial charge in [-0.1, -0.05) is 86.6 Å². The number of halogens is 3. The van der Waals surface area contributed by atoms with Crippen molar-refractivity contribution in [1.82, 2.24) is 21.3 Å².